The number of carbonyl (C=O) groups is 2. The van der Waals surface area contributed by atoms with Crippen molar-refractivity contribution in [2.45, 2.75) is 64.9 Å². The van der Waals surface area contributed by atoms with E-state index in [9.17, 15) is 9.59 Å². The highest BCUT2D eigenvalue weighted by Gasteiger charge is 2.28. The molecule has 1 amide bonds. The number of esters is 1. The maximum absolute atomic E-state index is 16.0. The number of amides is 1. The minimum Gasteiger partial charge on any atom is -0.487 e. The van der Waals surface area contributed by atoms with Crippen molar-refractivity contribution < 1.29 is 28.2 Å². The van der Waals surface area contributed by atoms with Gasteiger partial charge in [0.25, 0.3) is 0 Å². The molecule has 1 aliphatic carbocycles. The number of aryl methyl sites for hydroxylation is 1. The van der Waals surface area contributed by atoms with Crippen molar-refractivity contribution in [2.75, 3.05) is 11.9 Å². The first-order chi connectivity index (χ1) is 18.7. The predicted molar refractivity (Wildman–Crippen MR) is 147 cm³/mol. The Morgan fingerprint density at radius 2 is 1.62 bits per heavy atom. The van der Waals surface area contributed by atoms with Crippen LogP contribution < -0.4 is 15.4 Å². The van der Waals surface area contributed by atoms with Crippen molar-refractivity contribution in [1.82, 2.24) is 5.32 Å². The van der Waals surface area contributed by atoms with Crippen LogP contribution in [0.1, 0.15) is 49.4 Å². The molecule has 0 saturated carbocycles. The first kappa shape index (κ1) is 28.0. The molecular formula is C31H35FN2O5. The highest BCUT2D eigenvalue weighted by atomic mass is 19.1. The summed E-state index contributed by atoms with van der Waals surface area (Å²) in [6, 6.07) is 20.5. The van der Waals surface area contributed by atoms with E-state index in [1.165, 1.54) is 0 Å². The maximum Gasteiger partial charge on any atom is 0.407 e. The van der Waals surface area contributed by atoms with E-state index in [0.29, 0.717) is 30.6 Å². The quantitative estimate of drug-likeness (QED) is 0.331. The van der Waals surface area contributed by atoms with Gasteiger partial charge in [-0.3, -0.25) is 4.79 Å². The molecule has 0 radical (unpaired) electrons. The first-order valence-corrected chi connectivity index (χ1v) is 13.1. The summed E-state index contributed by atoms with van der Waals surface area (Å²) in [5.41, 5.74) is 2.56. The van der Waals surface area contributed by atoms with Gasteiger partial charge in [0.05, 0.1) is 0 Å². The highest BCUT2D eigenvalue weighted by molar-refractivity contribution is 5.77. The summed E-state index contributed by atoms with van der Waals surface area (Å²) < 4.78 is 32.7. The van der Waals surface area contributed by atoms with Gasteiger partial charge in [0.15, 0.2) is 5.82 Å². The Balaban J connectivity index is 1.48. The number of fused-ring (bicyclic) bond motifs is 1. The summed E-state index contributed by atoms with van der Waals surface area (Å²) in [4.78, 5) is 24.8. The minimum atomic E-state index is -0.659. The van der Waals surface area contributed by atoms with E-state index in [4.69, 9.17) is 14.2 Å². The average Bonchev–Trinajstić information content (AvgIpc) is 2.91. The van der Waals surface area contributed by atoms with Gasteiger partial charge in [0.1, 0.15) is 36.8 Å². The van der Waals surface area contributed by atoms with Crippen LogP contribution in [0.15, 0.2) is 66.7 Å². The summed E-state index contributed by atoms with van der Waals surface area (Å²) in [6.45, 7) is 5.51. The van der Waals surface area contributed by atoms with Crippen LogP contribution in [-0.4, -0.2) is 30.3 Å². The van der Waals surface area contributed by atoms with Gasteiger partial charge in [-0.05, 0) is 68.4 Å². The molecule has 0 saturated heterocycles. The number of carbonyl (C=O) groups excluding carboxylic acids is 2. The van der Waals surface area contributed by atoms with Crippen LogP contribution in [0.5, 0.6) is 5.75 Å². The number of rotatable bonds is 9. The van der Waals surface area contributed by atoms with E-state index in [1.54, 1.807) is 20.8 Å². The third kappa shape index (κ3) is 8.21. The van der Waals surface area contributed by atoms with Crippen LogP contribution in [0.3, 0.4) is 0 Å². The lowest BCUT2D eigenvalue weighted by atomic mass is 9.87. The number of ether oxygens (including phenoxy) is 3. The summed E-state index contributed by atoms with van der Waals surface area (Å²) in [6.07, 6.45) is 0.945. The van der Waals surface area contributed by atoms with Crippen molar-refractivity contribution in [3.8, 4) is 5.75 Å². The van der Waals surface area contributed by atoms with Crippen molar-refractivity contribution in [3.05, 3.63) is 94.8 Å². The molecule has 0 spiro atoms. The molecule has 8 heteroatoms. The van der Waals surface area contributed by atoms with Crippen LogP contribution in [-0.2, 0) is 40.3 Å². The number of anilines is 1. The second-order valence-electron chi connectivity index (χ2n) is 10.6. The molecule has 7 nitrogen and oxygen atoms in total. The zero-order chi connectivity index (χ0) is 27.8. The third-order valence-electron chi connectivity index (χ3n) is 6.24. The molecule has 4 rings (SSSR count). The van der Waals surface area contributed by atoms with Gasteiger partial charge in [0, 0.05) is 6.04 Å². The Hall–Kier alpha value is -4.07. The Morgan fingerprint density at radius 1 is 0.974 bits per heavy atom. The van der Waals surface area contributed by atoms with Gasteiger partial charge in [-0.15, -0.1) is 0 Å². The van der Waals surface area contributed by atoms with Crippen molar-refractivity contribution in [1.29, 1.82) is 0 Å². The topological polar surface area (TPSA) is 85.9 Å². The van der Waals surface area contributed by atoms with Gasteiger partial charge >= 0.3 is 12.1 Å². The van der Waals surface area contributed by atoms with Crippen molar-refractivity contribution >= 4 is 17.7 Å². The summed E-state index contributed by atoms with van der Waals surface area (Å²) in [5.74, 6) is -0.676. The molecule has 0 aliphatic heterocycles. The number of alkyl carbamates (subject to hydrolysis) is 1. The monoisotopic (exact) mass is 534 g/mol. The molecule has 1 aliphatic rings. The number of hydrogen-bond donors (Lipinski definition) is 2. The minimum absolute atomic E-state index is 0.0999. The van der Waals surface area contributed by atoms with Gasteiger partial charge in [-0.2, -0.15) is 0 Å². The molecule has 0 heterocycles. The Bertz CT molecular complexity index is 1280. The summed E-state index contributed by atoms with van der Waals surface area (Å²) >= 11 is 0. The average molecular weight is 535 g/mol. The van der Waals surface area contributed by atoms with E-state index in [2.05, 4.69) is 10.6 Å². The fourth-order valence-electron chi connectivity index (χ4n) is 4.45. The Labute approximate surface area is 228 Å². The van der Waals surface area contributed by atoms with Crippen LogP contribution in [0, 0.1) is 5.82 Å². The van der Waals surface area contributed by atoms with E-state index < -0.39 is 23.5 Å². The molecule has 0 fully saturated rings. The van der Waals surface area contributed by atoms with Crippen LogP contribution in [0.2, 0.25) is 0 Å². The lowest BCUT2D eigenvalue weighted by molar-refractivity contribution is -0.152. The van der Waals surface area contributed by atoms with E-state index in [0.717, 1.165) is 16.7 Å². The number of halogens is 1. The normalized spacial score (nSPS) is 14.6. The second-order valence-corrected chi connectivity index (χ2v) is 10.6. The number of nitrogens with one attached hydrogen (secondary N) is 2. The smallest absolute Gasteiger partial charge is 0.407 e. The molecule has 1 atom stereocenters. The zero-order valence-electron chi connectivity index (χ0n) is 22.6. The van der Waals surface area contributed by atoms with Crippen LogP contribution in [0.25, 0.3) is 0 Å². The van der Waals surface area contributed by atoms with E-state index in [1.807, 2.05) is 66.7 Å². The zero-order valence-corrected chi connectivity index (χ0v) is 22.6. The second kappa shape index (κ2) is 12.7. The van der Waals surface area contributed by atoms with Crippen LogP contribution >= 0.6 is 0 Å². The van der Waals surface area contributed by atoms with E-state index in [-0.39, 0.29) is 31.5 Å². The molecule has 3 aromatic rings. The van der Waals surface area contributed by atoms with Crippen molar-refractivity contribution in [2.24, 2.45) is 0 Å². The van der Waals surface area contributed by atoms with Gasteiger partial charge in [0.2, 0.25) is 0 Å². The van der Waals surface area contributed by atoms with Gasteiger partial charge in [-0.1, -0.05) is 60.7 Å². The fourth-order valence-corrected chi connectivity index (χ4v) is 4.45. The lowest BCUT2D eigenvalue weighted by Crippen LogP contribution is -2.39. The van der Waals surface area contributed by atoms with E-state index >= 15 is 4.39 Å². The lowest BCUT2D eigenvalue weighted by Gasteiger charge is -2.28. The third-order valence-corrected chi connectivity index (χ3v) is 6.24. The summed E-state index contributed by atoms with van der Waals surface area (Å²) in [7, 11) is 0. The Morgan fingerprint density at radius 3 is 2.26 bits per heavy atom. The predicted octanol–water partition coefficient (Wildman–Crippen LogP) is 5.94. The molecule has 0 unspecified atom stereocenters. The SMILES string of the molecule is CC(C)(C)OC(=O)CNc1c(OCc2ccccc2)cc2c(c1F)C[C@H](NC(=O)OCc1ccccc1)CC2. The van der Waals surface area contributed by atoms with Gasteiger partial charge < -0.3 is 24.8 Å². The molecular weight excluding hydrogens is 499 g/mol. The standard InChI is InChI=1S/C31H35FN2O5/c1-31(2,3)39-27(35)18-33-29-26(37-19-21-10-6-4-7-11-21)16-23-14-15-24(17-25(23)28(29)32)34-30(36)38-20-22-12-8-5-9-13-22/h4-13,16,24,33H,14-15,17-20H2,1-3H3,(H,34,36)/t24-/m1/s1. The van der Waals surface area contributed by atoms with Gasteiger partial charge in [-0.25, -0.2) is 9.18 Å². The molecule has 3 aromatic carbocycles. The number of hydrogen-bond acceptors (Lipinski definition) is 6. The largest absolute Gasteiger partial charge is 0.487 e. The molecule has 2 N–H and O–H groups in total. The van der Waals surface area contributed by atoms with Crippen LogP contribution in [0.4, 0.5) is 14.9 Å². The fraction of sp³-hybridized carbons (Fsp3) is 0.355. The summed E-state index contributed by atoms with van der Waals surface area (Å²) in [5, 5.41) is 5.76. The first-order valence-electron chi connectivity index (χ1n) is 13.1. The molecule has 206 valence electrons. The number of benzene rings is 3. The maximum atomic E-state index is 16.0. The molecule has 0 aromatic heterocycles. The highest BCUT2D eigenvalue weighted by Crippen LogP contribution is 2.37. The molecule has 39 heavy (non-hydrogen) atoms. The van der Waals surface area contributed by atoms with Crippen molar-refractivity contribution in [3.63, 3.8) is 0 Å². The Kier molecular flexibility index (Phi) is 9.07. The molecule has 0 bridgehead atoms.